The Balaban J connectivity index is 0. The van der Waals surface area contributed by atoms with E-state index in [9.17, 15) is 0 Å². The van der Waals surface area contributed by atoms with Gasteiger partial charge in [-0.1, -0.05) is 26.8 Å². The van der Waals surface area contributed by atoms with Crippen molar-refractivity contribution in [2.75, 3.05) is 0 Å². The molecule has 0 aromatic rings. The van der Waals surface area contributed by atoms with Crippen LogP contribution in [-0.4, -0.2) is 6.72 Å². The average molecular weight is 165 g/mol. The number of aliphatic imine (C=N–C) groups is 1. The molecule has 0 atom stereocenters. The van der Waals surface area contributed by atoms with Crippen LogP contribution in [0.2, 0.25) is 0 Å². The molecule has 0 fully saturated rings. The summed E-state index contributed by atoms with van der Waals surface area (Å²) in [7, 11) is 0. The molecule has 0 spiro atoms. The second-order valence-corrected chi connectivity index (χ2v) is 1.84. The highest BCUT2D eigenvalue weighted by molar-refractivity contribution is 5.26. The van der Waals surface area contributed by atoms with Crippen molar-refractivity contribution >= 4 is 6.72 Å². The van der Waals surface area contributed by atoms with Crippen LogP contribution < -0.4 is 0 Å². The van der Waals surface area contributed by atoms with Crippen molar-refractivity contribution in [1.29, 1.82) is 0 Å². The zero-order valence-electron chi connectivity index (χ0n) is 8.59. The van der Waals surface area contributed by atoms with Gasteiger partial charge in [0.1, 0.15) is 0 Å². The van der Waals surface area contributed by atoms with E-state index in [0.717, 1.165) is 6.42 Å². The van der Waals surface area contributed by atoms with Crippen LogP contribution in [0.25, 0.3) is 0 Å². The van der Waals surface area contributed by atoms with Gasteiger partial charge in [0.25, 0.3) is 0 Å². The van der Waals surface area contributed by atoms with E-state index in [4.69, 9.17) is 0 Å². The van der Waals surface area contributed by atoms with Crippen LogP contribution in [-0.2, 0) is 0 Å². The molecule has 0 unspecified atom stereocenters. The minimum Gasteiger partial charge on any atom is -0.264 e. The van der Waals surface area contributed by atoms with Gasteiger partial charge in [-0.2, -0.15) is 0 Å². The van der Waals surface area contributed by atoms with E-state index in [2.05, 4.69) is 30.4 Å². The maximum Gasteiger partial charge on any atom is 0.0679 e. The van der Waals surface area contributed by atoms with Crippen LogP contribution in [0.15, 0.2) is 34.6 Å². The second-order valence-electron chi connectivity index (χ2n) is 1.84. The molecule has 0 aliphatic carbocycles. The van der Waals surface area contributed by atoms with E-state index in [1.165, 1.54) is 5.57 Å². The Hall–Kier alpha value is -1.07. The molecular weight excluding hydrogens is 146 g/mol. The van der Waals surface area contributed by atoms with Crippen molar-refractivity contribution in [2.24, 2.45) is 4.99 Å². The SMILES string of the molecule is C=NC=C=C/C(=C\C)CC.CC. The summed E-state index contributed by atoms with van der Waals surface area (Å²) in [6, 6.07) is 0. The normalized spacial score (nSPS) is 8.83. The number of hydrogen-bond donors (Lipinski definition) is 0. The molecule has 0 bridgehead atoms. The van der Waals surface area contributed by atoms with Crippen molar-refractivity contribution in [3.05, 3.63) is 29.7 Å². The quantitative estimate of drug-likeness (QED) is 0.343. The van der Waals surface area contributed by atoms with Gasteiger partial charge in [-0.25, -0.2) is 0 Å². The largest absolute Gasteiger partial charge is 0.264 e. The summed E-state index contributed by atoms with van der Waals surface area (Å²) in [5.41, 5.74) is 4.15. The molecule has 0 aliphatic heterocycles. The Kier molecular flexibility index (Phi) is 14.2. The molecule has 0 heterocycles. The first-order chi connectivity index (χ1) is 5.85. The summed E-state index contributed by atoms with van der Waals surface area (Å²) in [4.78, 5) is 3.53. The third-order valence-electron chi connectivity index (χ3n) is 1.21. The van der Waals surface area contributed by atoms with Gasteiger partial charge in [0, 0.05) is 0 Å². The number of allylic oxidation sites excluding steroid dienone is 3. The zero-order valence-corrected chi connectivity index (χ0v) is 8.59. The van der Waals surface area contributed by atoms with Crippen molar-refractivity contribution in [1.82, 2.24) is 0 Å². The highest BCUT2D eigenvalue weighted by Gasteiger charge is 1.80. The van der Waals surface area contributed by atoms with Gasteiger partial charge in [-0.05, 0) is 31.7 Å². The molecule has 0 radical (unpaired) electrons. The van der Waals surface area contributed by atoms with Crippen molar-refractivity contribution < 1.29 is 0 Å². The molecule has 0 aromatic carbocycles. The molecular formula is C11H19N. The molecule has 1 nitrogen and oxygen atoms in total. The van der Waals surface area contributed by atoms with Crippen molar-refractivity contribution in [2.45, 2.75) is 34.1 Å². The lowest BCUT2D eigenvalue weighted by Gasteiger charge is -1.88. The maximum absolute atomic E-state index is 3.53. The third-order valence-corrected chi connectivity index (χ3v) is 1.21. The Labute approximate surface area is 76.2 Å². The standard InChI is InChI=1S/C9H13N.C2H6/c1-4-9(5-2)7-6-8-10-3;1-2/h4,7-8H,3,5H2,1-2H3;1-2H3/b9-4-;. The van der Waals surface area contributed by atoms with E-state index in [0.29, 0.717) is 0 Å². The summed E-state index contributed by atoms with van der Waals surface area (Å²) in [5, 5.41) is 0. The van der Waals surface area contributed by atoms with Gasteiger partial charge in [0.05, 0.1) is 6.20 Å². The third kappa shape index (κ3) is 8.93. The molecule has 68 valence electrons. The maximum atomic E-state index is 3.53. The van der Waals surface area contributed by atoms with E-state index in [1.54, 1.807) is 6.20 Å². The Morgan fingerprint density at radius 1 is 1.50 bits per heavy atom. The van der Waals surface area contributed by atoms with Crippen LogP contribution in [0.5, 0.6) is 0 Å². The lowest BCUT2D eigenvalue weighted by atomic mass is 10.2. The van der Waals surface area contributed by atoms with Crippen LogP contribution in [0.3, 0.4) is 0 Å². The molecule has 0 rings (SSSR count). The monoisotopic (exact) mass is 165 g/mol. The molecule has 0 amide bonds. The molecule has 1 heteroatoms. The van der Waals surface area contributed by atoms with E-state index >= 15 is 0 Å². The first-order valence-corrected chi connectivity index (χ1v) is 4.37. The van der Waals surface area contributed by atoms with Gasteiger partial charge in [0.15, 0.2) is 0 Å². The summed E-state index contributed by atoms with van der Waals surface area (Å²) in [5.74, 6) is 0. The number of hydrogen-bond acceptors (Lipinski definition) is 1. The Morgan fingerprint density at radius 3 is 2.42 bits per heavy atom. The van der Waals surface area contributed by atoms with Gasteiger partial charge in [0.2, 0.25) is 0 Å². The van der Waals surface area contributed by atoms with Gasteiger partial charge < -0.3 is 0 Å². The van der Waals surface area contributed by atoms with Gasteiger partial charge in [-0.15, -0.1) is 5.73 Å². The fourth-order valence-corrected chi connectivity index (χ4v) is 0.587. The fraction of sp³-hybridized carbons (Fsp3) is 0.455. The first kappa shape index (κ1) is 13.5. The van der Waals surface area contributed by atoms with E-state index < -0.39 is 0 Å². The number of nitrogens with zero attached hydrogens (tertiary/aromatic N) is 1. The summed E-state index contributed by atoms with van der Waals surface area (Å²) in [6.07, 6.45) is 6.56. The topological polar surface area (TPSA) is 12.4 Å². The molecule has 0 aromatic heterocycles. The molecule has 0 saturated heterocycles. The lowest BCUT2D eigenvalue weighted by molar-refractivity contribution is 1.14. The Morgan fingerprint density at radius 2 is 2.08 bits per heavy atom. The smallest absolute Gasteiger partial charge is 0.0679 e. The molecule has 0 N–H and O–H groups in total. The number of rotatable bonds is 3. The summed E-state index contributed by atoms with van der Waals surface area (Å²) >= 11 is 0. The lowest BCUT2D eigenvalue weighted by Crippen LogP contribution is -1.68. The Bertz CT molecular complexity index is 181. The molecule has 0 aliphatic rings. The van der Waals surface area contributed by atoms with E-state index in [1.807, 2.05) is 26.8 Å². The van der Waals surface area contributed by atoms with Crippen LogP contribution >= 0.6 is 0 Å². The van der Waals surface area contributed by atoms with E-state index in [-0.39, 0.29) is 0 Å². The van der Waals surface area contributed by atoms with Crippen LogP contribution in [0.4, 0.5) is 0 Å². The second kappa shape index (κ2) is 12.6. The first-order valence-electron chi connectivity index (χ1n) is 4.37. The highest BCUT2D eigenvalue weighted by Crippen LogP contribution is 1.99. The van der Waals surface area contributed by atoms with Crippen molar-refractivity contribution in [3.8, 4) is 0 Å². The minimum absolute atomic E-state index is 1.04. The predicted octanol–water partition coefficient (Wildman–Crippen LogP) is 3.74. The van der Waals surface area contributed by atoms with Gasteiger partial charge in [-0.3, -0.25) is 4.99 Å². The zero-order chi connectivity index (χ0) is 9.82. The fourth-order valence-electron chi connectivity index (χ4n) is 0.587. The predicted molar refractivity (Wildman–Crippen MR) is 57.6 cm³/mol. The molecule has 0 saturated carbocycles. The average Bonchev–Trinajstić information content (AvgIpc) is 2.16. The molecule has 12 heavy (non-hydrogen) atoms. The van der Waals surface area contributed by atoms with Crippen molar-refractivity contribution in [3.63, 3.8) is 0 Å². The summed E-state index contributed by atoms with van der Waals surface area (Å²) in [6.45, 7) is 11.4. The highest BCUT2D eigenvalue weighted by atomic mass is 14.6. The van der Waals surface area contributed by atoms with Crippen LogP contribution in [0, 0.1) is 0 Å². The van der Waals surface area contributed by atoms with Crippen LogP contribution in [0.1, 0.15) is 34.1 Å². The summed E-state index contributed by atoms with van der Waals surface area (Å²) < 4.78 is 0. The van der Waals surface area contributed by atoms with Gasteiger partial charge >= 0.3 is 0 Å². The minimum atomic E-state index is 1.04.